The predicted molar refractivity (Wildman–Crippen MR) is 98.3 cm³/mol. The number of hydrogen-bond donors (Lipinski definition) is 1. The number of hydrogen-bond acceptors (Lipinski definition) is 4. The molecule has 0 radical (unpaired) electrons. The molecule has 1 saturated heterocycles. The number of rotatable bonds is 4. The standard InChI is InChI=1S/C19H16ClN3O3/c1-26-17-7-4-14(20)9-16(17)23-11-13(8-18(23)24)19(25)22-15-5-2-12(10-21)3-6-15/h2-7,9,13H,8,11H2,1H3,(H,22,25)/t13-/m1/s1. The van der Waals surface area contributed by atoms with Gasteiger partial charge in [0.25, 0.3) is 0 Å². The highest BCUT2D eigenvalue weighted by atomic mass is 35.5. The van der Waals surface area contributed by atoms with E-state index >= 15 is 0 Å². The van der Waals surface area contributed by atoms with Crippen LogP contribution in [-0.4, -0.2) is 25.5 Å². The van der Waals surface area contributed by atoms with E-state index in [1.807, 2.05) is 6.07 Å². The van der Waals surface area contributed by atoms with Crippen molar-refractivity contribution in [2.24, 2.45) is 5.92 Å². The molecule has 2 aromatic rings. The van der Waals surface area contributed by atoms with Gasteiger partial charge in [0.15, 0.2) is 0 Å². The van der Waals surface area contributed by atoms with Crippen molar-refractivity contribution in [1.82, 2.24) is 0 Å². The minimum Gasteiger partial charge on any atom is -0.495 e. The highest BCUT2D eigenvalue weighted by Crippen LogP contribution is 2.35. The maximum atomic E-state index is 12.5. The topological polar surface area (TPSA) is 82.4 Å². The van der Waals surface area contributed by atoms with Gasteiger partial charge >= 0.3 is 0 Å². The molecule has 2 aromatic carbocycles. The molecule has 1 atom stereocenters. The molecular weight excluding hydrogens is 354 g/mol. The van der Waals surface area contributed by atoms with E-state index in [-0.39, 0.29) is 24.8 Å². The summed E-state index contributed by atoms with van der Waals surface area (Å²) >= 11 is 6.04. The summed E-state index contributed by atoms with van der Waals surface area (Å²) in [4.78, 5) is 26.4. The van der Waals surface area contributed by atoms with Gasteiger partial charge in [-0.2, -0.15) is 5.26 Å². The molecule has 132 valence electrons. The molecule has 1 aliphatic rings. The molecular formula is C19H16ClN3O3. The van der Waals surface area contributed by atoms with Crippen LogP contribution in [0.1, 0.15) is 12.0 Å². The number of halogens is 1. The van der Waals surface area contributed by atoms with Crippen LogP contribution in [0.5, 0.6) is 5.75 Å². The Morgan fingerprint density at radius 1 is 1.31 bits per heavy atom. The molecule has 0 aliphatic carbocycles. The van der Waals surface area contributed by atoms with Gasteiger partial charge in [0, 0.05) is 23.7 Å². The summed E-state index contributed by atoms with van der Waals surface area (Å²) < 4.78 is 5.29. The second-order valence-electron chi connectivity index (χ2n) is 5.90. The Balaban J connectivity index is 1.74. The number of methoxy groups -OCH3 is 1. The van der Waals surface area contributed by atoms with E-state index in [1.165, 1.54) is 12.0 Å². The second-order valence-corrected chi connectivity index (χ2v) is 6.34. The third kappa shape index (κ3) is 3.63. The molecule has 6 nitrogen and oxygen atoms in total. The molecule has 7 heteroatoms. The molecule has 2 amide bonds. The van der Waals surface area contributed by atoms with Gasteiger partial charge < -0.3 is 15.0 Å². The first kappa shape index (κ1) is 17.8. The normalized spacial score (nSPS) is 16.3. The Hall–Kier alpha value is -3.04. The maximum Gasteiger partial charge on any atom is 0.229 e. The third-order valence-electron chi connectivity index (χ3n) is 4.21. The predicted octanol–water partition coefficient (Wildman–Crippen LogP) is 3.21. The zero-order chi connectivity index (χ0) is 18.7. The lowest BCUT2D eigenvalue weighted by Gasteiger charge is -2.19. The number of benzene rings is 2. The highest BCUT2D eigenvalue weighted by Gasteiger charge is 2.36. The van der Waals surface area contributed by atoms with Gasteiger partial charge in [0.1, 0.15) is 5.75 Å². The zero-order valence-corrected chi connectivity index (χ0v) is 14.8. The lowest BCUT2D eigenvalue weighted by atomic mass is 10.1. The van der Waals surface area contributed by atoms with Gasteiger partial charge in [-0.3, -0.25) is 9.59 Å². The first-order chi connectivity index (χ1) is 12.5. The van der Waals surface area contributed by atoms with Crippen molar-refractivity contribution in [2.75, 3.05) is 23.9 Å². The van der Waals surface area contributed by atoms with E-state index in [2.05, 4.69) is 5.32 Å². The summed E-state index contributed by atoms with van der Waals surface area (Å²) in [5, 5.41) is 12.1. The van der Waals surface area contributed by atoms with Crippen LogP contribution < -0.4 is 15.0 Å². The fourth-order valence-electron chi connectivity index (χ4n) is 2.86. The second kappa shape index (κ2) is 7.46. The van der Waals surface area contributed by atoms with E-state index in [9.17, 15) is 9.59 Å². The van der Waals surface area contributed by atoms with Crippen LogP contribution in [0.15, 0.2) is 42.5 Å². The van der Waals surface area contributed by atoms with Gasteiger partial charge in [-0.15, -0.1) is 0 Å². The maximum absolute atomic E-state index is 12.5. The van der Waals surface area contributed by atoms with Crippen LogP contribution in [-0.2, 0) is 9.59 Å². The molecule has 1 heterocycles. The van der Waals surface area contributed by atoms with Crippen molar-refractivity contribution in [3.63, 3.8) is 0 Å². The third-order valence-corrected chi connectivity index (χ3v) is 4.44. The lowest BCUT2D eigenvalue weighted by Crippen LogP contribution is -2.28. The van der Waals surface area contributed by atoms with E-state index in [4.69, 9.17) is 21.6 Å². The number of nitriles is 1. The summed E-state index contributed by atoms with van der Waals surface area (Å²) in [6, 6.07) is 13.6. The van der Waals surface area contributed by atoms with Crippen molar-refractivity contribution in [3.8, 4) is 11.8 Å². The average Bonchev–Trinajstić information content (AvgIpc) is 3.04. The first-order valence-corrected chi connectivity index (χ1v) is 8.34. The molecule has 0 aromatic heterocycles. The summed E-state index contributed by atoms with van der Waals surface area (Å²) in [6.07, 6.45) is 0.109. The Labute approximate surface area is 155 Å². The molecule has 1 fully saturated rings. The zero-order valence-electron chi connectivity index (χ0n) is 14.0. The smallest absolute Gasteiger partial charge is 0.229 e. The van der Waals surface area contributed by atoms with Crippen LogP contribution in [0.3, 0.4) is 0 Å². The van der Waals surface area contributed by atoms with Gasteiger partial charge in [0.2, 0.25) is 11.8 Å². The molecule has 0 spiro atoms. The summed E-state index contributed by atoms with van der Waals surface area (Å²) in [5.41, 5.74) is 1.65. The van der Waals surface area contributed by atoms with Crippen LogP contribution in [0.25, 0.3) is 0 Å². The van der Waals surface area contributed by atoms with Crippen molar-refractivity contribution in [2.45, 2.75) is 6.42 Å². The fourth-order valence-corrected chi connectivity index (χ4v) is 3.03. The Kier molecular flexibility index (Phi) is 5.10. The van der Waals surface area contributed by atoms with E-state index in [0.717, 1.165) is 0 Å². The number of carbonyl (C=O) groups excluding carboxylic acids is 2. The molecule has 1 aliphatic heterocycles. The van der Waals surface area contributed by atoms with Crippen molar-refractivity contribution >= 4 is 34.8 Å². The van der Waals surface area contributed by atoms with Crippen molar-refractivity contribution in [3.05, 3.63) is 53.1 Å². The van der Waals surface area contributed by atoms with Crippen molar-refractivity contribution in [1.29, 1.82) is 5.26 Å². The average molecular weight is 370 g/mol. The molecule has 1 N–H and O–H groups in total. The largest absolute Gasteiger partial charge is 0.495 e. The number of nitrogens with one attached hydrogen (secondary N) is 1. The Bertz CT molecular complexity index is 890. The van der Waals surface area contributed by atoms with Gasteiger partial charge in [0.05, 0.1) is 30.3 Å². The summed E-state index contributed by atoms with van der Waals surface area (Å²) in [5.74, 6) is -0.366. The molecule has 0 unspecified atom stereocenters. The van der Waals surface area contributed by atoms with Crippen molar-refractivity contribution < 1.29 is 14.3 Å². The Morgan fingerprint density at radius 3 is 2.69 bits per heavy atom. The van der Waals surface area contributed by atoms with E-state index in [0.29, 0.717) is 27.7 Å². The van der Waals surface area contributed by atoms with Gasteiger partial charge in [-0.1, -0.05) is 11.6 Å². The van der Waals surface area contributed by atoms with Crippen LogP contribution >= 0.6 is 11.6 Å². The van der Waals surface area contributed by atoms with E-state index < -0.39 is 5.92 Å². The number of amides is 2. The monoisotopic (exact) mass is 369 g/mol. The van der Waals surface area contributed by atoms with Crippen LogP contribution in [0.2, 0.25) is 5.02 Å². The SMILES string of the molecule is COc1ccc(Cl)cc1N1C[C@H](C(=O)Nc2ccc(C#N)cc2)CC1=O. The first-order valence-electron chi connectivity index (χ1n) is 7.96. The minimum absolute atomic E-state index is 0.109. The van der Waals surface area contributed by atoms with Gasteiger partial charge in [-0.05, 0) is 42.5 Å². The molecule has 0 bridgehead atoms. The van der Waals surface area contributed by atoms with E-state index in [1.54, 1.807) is 42.5 Å². The molecule has 26 heavy (non-hydrogen) atoms. The minimum atomic E-state index is -0.484. The molecule has 0 saturated carbocycles. The highest BCUT2D eigenvalue weighted by molar-refractivity contribution is 6.31. The lowest BCUT2D eigenvalue weighted by molar-refractivity contribution is -0.122. The van der Waals surface area contributed by atoms with Crippen LogP contribution in [0.4, 0.5) is 11.4 Å². The fraction of sp³-hybridized carbons (Fsp3) is 0.211. The van der Waals surface area contributed by atoms with Crippen LogP contribution in [0, 0.1) is 17.2 Å². The quantitative estimate of drug-likeness (QED) is 0.897. The number of carbonyl (C=O) groups is 2. The number of ether oxygens (including phenoxy) is 1. The number of anilines is 2. The summed E-state index contributed by atoms with van der Waals surface area (Å²) in [7, 11) is 1.52. The molecule has 3 rings (SSSR count). The van der Waals surface area contributed by atoms with Gasteiger partial charge in [-0.25, -0.2) is 0 Å². The number of nitrogens with zero attached hydrogens (tertiary/aromatic N) is 2. The summed E-state index contributed by atoms with van der Waals surface area (Å²) in [6.45, 7) is 0.248. The Morgan fingerprint density at radius 2 is 2.04 bits per heavy atom.